The molecule has 2 aromatic carbocycles. The number of thiophene rings is 1. The maximum Gasteiger partial charge on any atom is 0.324 e. The quantitative estimate of drug-likeness (QED) is 0.501. The summed E-state index contributed by atoms with van der Waals surface area (Å²) in [7, 11) is 2.26. The lowest BCUT2D eigenvalue weighted by Crippen LogP contribution is -2.49. The van der Waals surface area contributed by atoms with Crippen molar-refractivity contribution in [2.24, 2.45) is 11.7 Å². The van der Waals surface area contributed by atoms with Crippen molar-refractivity contribution in [1.29, 1.82) is 0 Å². The number of carbonyl (C=O) groups excluding carboxylic acids is 2. The summed E-state index contributed by atoms with van der Waals surface area (Å²) < 4.78 is 0.937. The zero-order valence-corrected chi connectivity index (χ0v) is 19.0. The molecule has 1 atom stereocenters. The number of fused-ring (bicyclic) bond motifs is 2. The first-order valence-electron chi connectivity index (χ1n) is 10.6. The van der Waals surface area contributed by atoms with E-state index >= 15 is 0 Å². The van der Waals surface area contributed by atoms with Crippen LogP contribution in [0.15, 0.2) is 42.5 Å². The fourth-order valence-electron chi connectivity index (χ4n) is 4.63. The minimum absolute atomic E-state index is 0.379. The first kappa shape index (κ1) is 21.3. The molecular weight excluding hydrogens is 408 g/mol. The Morgan fingerprint density at radius 1 is 1.13 bits per heavy atom. The number of rotatable bonds is 5. The molecule has 3 amide bonds. The summed E-state index contributed by atoms with van der Waals surface area (Å²) in [4.78, 5) is 26.1. The second-order valence-corrected chi connectivity index (χ2v) is 10.1. The Labute approximate surface area is 186 Å². The van der Waals surface area contributed by atoms with Gasteiger partial charge in [-0.05, 0) is 28.5 Å². The number of anilines is 2. The summed E-state index contributed by atoms with van der Waals surface area (Å²) in [5.74, 6) is 0.103. The number of benzene rings is 2. The highest BCUT2D eigenvalue weighted by atomic mass is 32.1. The highest BCUT2D eigenvalue weighted by Gasteiger charge is 2.35. The molecule has 162 valence electrons. The Kier molecular flexibility index (Phi) is 5.73. The van der Waals surface area contributed by atoms with Crippen molar-refractivity contribution in [1.82, 2.24) is 0 Å². The summed E-state index contributed by atoms with van der Waals surface area (Å²) in [6, 6.07) is 13.4. The molecule has 0 saturated carbocycles. The Bertz CT molecular complexity index is 1150. The van der Waals surface area contributed by atoms with Crippen molar-refractivity contribution in [3.63, 3.8) is 0 Å². The van der Waals surface area contributed by atoms with E-state index in [1.807, 2.05) is 42.5 Å². The fraction of sp³-hybridized carbons (Fsp3) is 0.333. The Morgan fingerprint density at radius 3 is 2.58 bits per heavy atom. The number of nitrogens with zero attached hydrogens (tertiary/aromatic N) is 1. The van der Waals surface area contributed by atoms with Crippen LogP contribution in [-0.2, 0) is 13.0 Å². The van der Waals surface area contributed by atoms with Gasteiger partial charge in [-0.3, -0.25) is 10.1 Å². The van der Waals surface area contributed by atoms with Gasteiger partial charge >= 0.3 is 6.03 Å². The average molecular weight is 438 g/mol. The van der Waals surface area contributed by atoms with Gasteiger partial charge in [0.25, 0.3) is 5.91 Å². The SMILES string of the molecule is CC(C)C[N+]1(C)CCc2c(sc(NC(=O)Nc3ccc4ccccc4c3)c2C(N)=O)C1. The van der Waals surface area contributed by atoms with Gasteiger partial charge in [0, 0.05) is 18.0 Å². The number of carbonyl (C=O) groups is 2. The minimum atomic E-state index is -0.488. The summed E-state index contributed by atoms with van der Waals surface area (Å²) in [5.41, 5.74) is 7.87. The normalized spacial score (nSPS) is 18.1. The molecule has 0 bridgehead atoms. The molecule has 3 aromatic rings. The zero-order valence-electron chi connectivity index (χ0n) is 18.2. The van der Waals surface area contributed by atoms with Crippen LogP contribution in [0.25, 0.3) is 10.8 Å². The van der Waals surface area contributed by atoms with E-state index in [0.29, 0.717) is 22.2 Å². The lowest BCUT2D eigenvalue weighted by atomic mass is 9.99. The van der Waals surface area contributed by atoms with Crippen LogP contribution in [0.5, 0.6) is 0 Å². The second kappa shape index (κ2) is 8.32. The number of quaternary nitrogens is 1. The first-order valence-corrected chi connectivity index (χ1v) is 11.4. The van der Waals surface area contributed by atoms with E-state index in [1.54, 1.807) is 0 Å². The maximum atomic E-state index is 12.7. The van der Waals surface area contributed by atoms with Crippen molar-refractivity contribution in [3.8, 4) is 0 Å². The van der Waals surface area contributed by atoms with Crippen LogP contribution in [0.4, 0.5) is 15.5 Å². The molecule has 4 N–H and O–H groups in total. The van der Waals surface area contributed by atoms with Crippen molar-refractivity contribution in [2.75, 3.05) is 30.8 Å². The van der Waals surface area contributed by atoms with E-state index in [2.05, 4.69) is 31.5 Å². The smallest absolute Gasteiger partial charge is 0.324 e. The molecule has 1 aromatic heterocycles. The van der Waals surface area contributed by atoms with Gasteiger partial charge in [0.05, 0.1) is 30.6 Å². The molecule has 0 saturated heterocycles. The molecule has 4 rings (SSSR count). The van der Waals surface area contributed by atoms with Crippen LogP contribution >= 0.6 is 11.3 Å². The minimum Gasteiger partial charge on any atom is -0.365 e. The van der Waals surface area contributed by atoms with E-state index in [9.17, 15) is 9.59 Å². The lowest BCUT2D eigenvalue weighted by molar-refractivity contribution is -0.926. The Balaban J connectivity index is 1.55. The van der Waals surface area contributed by atoms with Crippen LogP contribution in [0.1, 0.15) is 34.6 Å². The van der Waals surface area contributed by atoms with E-state index < -0.39 is 5.91 Å². The van der Waals surface area contributed by atoms with Gasteiger partial charge < -0.3 is 15.5 Å². The molecule has 31 heavy (non-hydrogen) atoms. The monoisotopic (exact) mass is 437 g/mol. The van der Waals surface area contributed by atoms with Gasteiger partial charge in [-0.1, -0.05) is 44.2 Å². The van der Waals surface area contributed by atoms with Crippen LogP contribution in [-0.4, -0.2) is 36.6 Å². The molecular formula is C24H29N4O2S+. The van der Waals surface area contributed by atoms with Crippen molar-refractivity contribution in [2.45, 2.75) is 26.8 Å². The van der Waals surface area contributed by atoms with Crippen molar-refractivity contribution >= 4 is 44.7 Å². The molecule has 0 aliphatic carbocycles. The van der Waals surface area contributed by atoms with Crippen molar-refractivity contribution in [3.05, 3.63) is 58.5 Å². The predicted molar refractivity (Wildman–Crippen MR) is 128 cm³/mol. The number of nitrogens with one attached hydrogen (secondary N) is 2. The fourth-order valence-corrected chi connectivity index (χ4v) is 6.05. The summed E-state index contributed by atoms with van der Waals surface area (Å²) in [5, 5.41) is 8.44. The zero-order chi connectivity index (χ0) is 22.2. The number of hydrogen-bond acceptors (Lipinski definition) is 3. The molecule has 7 heteroatoms. The Hall–Kier alpha value is -2.90. The van der Waals surface area contributed by atoms with Crippen molar-refractivity contribution < 1.29 is 14.1 Å². The highest BCUT2D eigenvalue weighted by Crippen LogP contribution is 2.39. The number of urea groups is 1. The highest BCUT2D eigenvalue weighted by molar-refractivity contribution is 7.17. The van der Waals surface area contributed by atoms with Gasteiger partial charge in [0.15, 0.2) is 0 Å². The molecule has 2 heterocycles. The molecule has 1 aliphatic heterocycles. The van der Waals surface area contributed by atoms with Crippen LogP contribution in [0, 0.1) is 5.92 Å². The summed E-state index contributed by atoms with van der Waals surface area (Å²) in [6.45, 7) is 7.35. The van der Waals surface area contributed by atoms with Crippen LogP contribution in [0.3, 0.4) is 0 Å². The Morgan fingerprint density at radius 2 is 1.87 bits per heavy atom. The van der Waals surface area contributed by atoms with Crippen LogP contribution < -0.4 is 16.4 Å². The standard InChI is InChI=1S/C24H28N4O2S/c1-15(2)13-28(3)11-10-19-20(14-28)31-23(21(19)22(25)29)27-24(30)26-18-9-8-16-6-4-5-7-17(16)12-18/h4-9,12,15H,10-11,13-14H2,1-3H3,(H3-,25,26,27,29,30)/p+1. The molecule has 1 unspecified atom stereocenters. The van der Waals surface area contributed by atoms with E-state index in [-0.39, 0.29) is 6.03 Å². The third-order valence-electron chi connectivity index (χ3n) is 5.80. The van der Waals surface area contributed by atoms with Gasteiger partial charge in [0.1, 0.15) is 11.5 Å². The molecule has 6 nitrogen and oxygen atoms in total. The molecule has 1 aliphatic rings. The predicted octanol–water partition coefficient (Wildman–Crippen LogP) is 4.80. The molecule has 0 radical (unpaired) electrons. The van der Waals surface area contributed by atoms with E-state index in [0.717, 1.165) is 51.8 Å². The van der Waals surface area contributed by atoms with E-state index in [1.165, 1.54) is 11.3 Å². The second-order valence-electron chi connectivity index (χ2n) is 9.04. The molecule has 0 spiro atoms. The number of hydrogen-bond donors (Lipinski definition) is 3. The van der Waals surface area contributed by atoms with Gasteiger partial charge in [0.2, 0.25) is 0 Å². The van der Waals surface area contributed by atoms with Crippen LogP contribution in [0.2, 0.25) is 0 Å². The lowest BCUT2D eigenvalue weighted by Gasteiger charge is -2.39. The number of amides is 3. The number of nitrogens with two attached hydrogens (primary N) is 1. The maximum absolute atomic E-state index is 12.7. The van der Waals surface area contributed by atoms with Gasteiger partial charge in [-0.15, -0.1) is 11.3 Å². The third kappa shape index (κ3) is 4.57. The molecule has 0 fully saturated rings. The van der Waals surface area contributed by atoms with Gasteiger partial charge in [-0.2, -0.15) is 0 Å². The topological polar surface area (TPSA) is 84.2 Å². The third-order valence-corrected chi connectivity index (χ3v) is 6.94. The largest absolute Gasteiger partial charge is 0.365 e. The average Bonchev–Trinajstić information content (AvgIpc) is 3.03. The van der Waals surface area contributed by atoms with E-state index in [4.69, 9.17) is 5.73 Å². The van der Waals surface area contributed by atoms with Gasteiger partial charge in [-0.25, -0.2) is 4.79 Å². The number of primary amides is 1. The summed E-state index contributed by atoms with van der Waals surface area (Å²) >= 11 is 1.47. The first-order chi connectivity index (χ1) is 14.7. The summed E-state index contributed by atoms with van der Waals surface area (Å²) in [6.07, 6.45) is 0.793. The number of likely N-dealkylation sites (N-methyl/N-ethyl adjacent to an activating group) is 1.